The zero-order valence-electron chi connectivity index (χ0n) is 7.79. The normalized spacial score (nSPS) is 10.9. The van der Waals surface area contributed by atoms with Gasteiger partial charge >= 0.3 is 5.97 Å². The van der Waals surface area contributed by atoms with E-state index in [1.807, 2.05) is 0 Å². The molecule has 78 valence electrons. The molecule has 0 aliphatic heterocycles. The van der Waals surface area contributed by atoms with Gasteiger partial charge in [-0.1, -0.05) is 11.6 Å². The van der Waals surface area contributed by atoms with Gasteiger partial charge in [0.25, 0.3) is 0 Å². The molecule has 0 bridgehead atoms. The molecule has 1 aromatic carbocycles. The Kier molecular flexibility index (Phi) is 2.16. The molecule has 15 heavy (non-hydrogen) atoms. The highest BCUT2D eigenvalue weighted by atomic mass is 35.5. The van der Waals surface area contributed by atoms with Gasteiger partial charge in [0.05, 0.1) is 11.1 Å². The Labute approximate surface area is 89.7 Å². The summed E-state index contributed by atoms with van der Waals surface area (Å²) in [5, 5.41) is 9.40. The average molecular weight is 228 g/mol. The minimum Gasteiger partial charge on any atom is -0.478 e. The smallest absolute Gasteiger partial charge is 0.337 e. The summed E-state index contributed by atoms with van der Waals surface area (Å²) >= 11 is 5.67. The molecule has 0 amide bonds. The summed E-state index contributed by atoms with van der Waals surface area (Å²) in [5.74, 6) is -1.62. The summed E-state index contributed by atoms with van der Waals surface area (Å²) in [4.78, 5) is 10.9. The fourth-order valence-corrected chi connectivity index (χ4v) is 1.83. The lowest BCUT2D eigenvalue weighted by Gasteiger charge is -1.98. The van der Waals surface area contributed by atoms with Crippen LogP contribution in [0.1, 0.15) is 10.4 Å². The van der Waals surface area contributed by atoms with Gasteiger partial charge in [-0.15, -0.1) is 0 Å². The lowest BCUT2D eigenvalue weighted by molar-refractivity contribution is 0.0699. The first-order valence-electron chi connectivity index (χ1n) is 4.18. The van der Waals surface area contributed by atoms with Crippen LogP contribution in [0, 0.1) is 5.82 Å². The van der Waals surface area contributed by atoms with Crippen LogP contribution in [-0.4, -0.2) is 15.6 Å². The quantitative estimate of drug-likeness (QED) is 0.814. The Balaban J connectivity index is 2.93. The van der Waals surface area contributed by atoms with Crippen LogP contribution in [0.3, 0.4) is 0 Å². The number of benzene rings is 1. The van der Waals surface area contributed by atoms with Gasteiger partial charge in [-0.25, -0.2) is 9.18 Å². The summed E-state index contributed by atoms with van der Waals surface area (Å²) in [6.07, 6.45) is 1.37. The lowest BCUT2D eigenvalue weighted by Crippen LogP contribution is -1.93. The maximum absolute atomic E-state index is 13.5. The molecule has 0 saturated heterocycles. The fourth-order valence-electron chi connectivity index (χ4n) is 1.63. The van der Waals surface area contributed by atoms with Crippen LogP contribution in [0.15, 0.2) is 18.3 Å². The predicted molar refractivity (Wildman–Crippen MR) is 54.8 cm³/mol. The zero-order valence-corrected chi connectivity index (χ0v) is 8.55. The number of carbonyl (C=O) groups is 1. The van der Waals surface area contributed by atoms with Crippen LogP contribution in [0.2, 0.25) is 5.02 Å². The number of hydrogen-bond donors (Lipinski definition) is 1. The van der Waals surface area contributed by atoms with E-state index in [1.54, 1.807) is 7.05 Å². The Bertz CT molecular complexity index is 562. The molecular weight excluding hydrogens is 221 g/mol. The van der Waals surface area contributed by atoms with Gasteiger partial charge in [0.1, 0.15) is 5.82 Å². The summed E-state index contributed by atoms with van der Waals surface area (Å²) in [7, 11) is 1.59. The molecule has 5 heteroatoms. The van der Waals surface area contributed by atoms with Crippen LogP contribution in [-0.2, 0) is 7.05 Å². The number of hydrogen-bond acceptors (Lipinski definition) is 1. The highest BCUT2D eigenvalue weighted by molar-refractivity contribution is 6.31. The summed E-state index contributed by atoms with van der Waals surface area (Å²) in [5.41, 5.74) is 0.297. The molecule has 1 aromatic heterocycles. The molecule has 0 saturated carbocycles. The maximum atomic E-state index is 13.5. The van der Waals surface area contributed by atoms with Gasteiger partial charge in [0.2, 0.25) is 0 Å². The van der Waals surface area contributed by atoms with Crippen LogP contribution < -0.4 is 0 Å². The van der Waals surface area contributed by atoms with E-state index in [4.69, 9.17) is 16.7 Å². The fraction of sp³-hybridized carbons (Fsp3) is 0.100. The Morgan fingerprint density at radius 1 is 1.53 bits per heavy atom. The summed E-state index contributed by atoms with van der Waals surface area (Å²) < 4.78 is 14.9. The molecule has 0 atom stereocenters. The van der Waals surface area contributed by atoms with Crippen molar-refractivity contribution in [2.75, 3.05) is 0 Å². The first-order chi connectivity index (χ1) is 7.00. The predicted octanol–water partition coefficient (Wildman–Crippen LogP) is 2.67. The second-order valence-electron chi connectivity index (χ2n) is 3.24. The third-order valence-electron chi connectivity index (χ3n) is 2.22. The monoisotopic (exact) mass is 227 g/mol. The van der Waals surface area contributed by atoms with Crippen molar-refractivity contribution in [2.24, 2.45) is 7.05 Å². The maximum Gasteiger partial charge on any atom is 0.337 e. The number of aryl methyl sites for hydroxylation is 1. The number of nitrogens with zero attached hydrogens (tertiary/aromatic N) is 1. The number of aromatic nitrogens is 1. The van der Waals surface area contributed by atoms with E-state index in [0.29, 0.717) is 5.39 Å². The van der Waals surface area contributed by atoms with Crippen molar-refractivity contribution in [3.05, 3.63) is 34.7 Å². The molecule has 2 aromatic rings. The van der Waals surface area contributed by atoms with Crippen LogP contribution in [0.25, 0.3) is 10.9 Å². The van der Waals surface area contributed by atoms with Gasteiger partial charge in [0.15, 0.2) is 0 Å². The van der Waals surface area contributed by atoms with Crippen molar-refractivity contribution in [3.8, 4) is 0 Å². The van der Waals surface area contributed by atoms with E-state index < -0.39 is 11.8 Å². The topological polar surface area (TPSA) is 42.2 Å². The highest BCUT2D eigenvalue weighted by Gasteiger charge is 2.16. The molecule has 0 spiro atoms. The Hall–Kier alpha value is -1.55. The SMILES string of the molecule is Cn1cc(C(=O)O)c2cc(Cl)cc(F)c21. The van der Waals surface area contributed by atoms with Crippen molar-refractivity contribution in [1.29, 1.82) is 0 Å². The molecule has 1 heterocycles. The molecule has 0 unspecified atom stereocenters. The minimum absolute atomic E-state index is 0.0499. The molecule has 0 fully saturated rings. The number of carboxylic acids is 1. The molecule has 0 aliphatic rings. The standard InChI is InChI=1S/C10H7ClFNO2/c1-13-4-7(10(14)15)6-2-5(11)3-8(12)9(6)13/h2-4H,1H3,(H,14,15). The van der Waals surface area contributed by atoms with Crippen molar-refractivity contribution < 1.29 is 14.3 Å². The van der Waals surface area contributed by atoms with Crippen molar-refractivity contribution in [3.63, 3.8) is 0 Å². The van der Waals surface area contributed by atoms with E-state index >= 15 is 0 Å². The minimum atomic E-state index is -1.10. The van der Waals surface area contributed by atoms with Gasteiger partial charge < -0.3 is 9.67 Å². The van der Waals surface area contributed by atoms with Crippen LogP contribution >= 0.6 is 11.6 Å². The summed E-state index contributed by atoms with van der Waals surface area (Å²) in [6, 6.07) is 2.61. The summed E-state index contributed by atoms with van der Waals surface area (Å²) in [6.45, 7) is 0. The molecule has 1 N–H and O–H groups in total. The molecule has 2 rings (SSSR count). The van der Waals surface area contributed by atoms with Crippen molar-refractivity contribution >= 4 is 28.5 Å². The number of halogens is 2. The van der Waals surface area contributed by atoms with Gasteiger partial charge in [-0.3, -0.25) is 0 Å². The van der Waals surface area contributed by atoms with Crippen molar-refractivity contribution in [1.82, 2.24) is 4.57 Å². The molecule has 0 aliphatic carbocycles. The number of rotatable bonds is 1. The van der Waals surface area contributed by atoms with Gasteiger partial charge in [-0.05, 0) is 12.1 Å². The largest absolute Gasteiger partial charge is 0.478 e. The highest BCUT2D eigenvalue weighted by Crippen LogP contribution is 2.27. The van der Waals surface area contributed by atoms with E-state index in [-0.39, 0.29) is 16.1 Å². The average Bonchev–Trinajstić information content (AvgIpc) is 2.42. The van der Waals surface area contributed by atoms with E-state index in [1.165, 1.54) is 16.8 Å². The van der Waals surface area contributed by atoms with Crippen LogP contribution in [0.5, 0.6) is 0 Å². The van der Waals surface area contributed by atoms with E-state index in [9.17, 15) is 9.18 Å². The third kappa shape index (κ3) is 1.47. The van der Waals surface area contributed by atoms with Crippen LogP contribution in [0.4, 0.5) is 4.39 Å². The van der Waals surface area contributed by atoms with Gasteiger partial charge in [-0.2, -0.15) is 0 Å². The second kappa shape index (κ2) is 3.24. The molecule has 0 radical (unpaired) electrons. The number of aromatic carboxylic acids is 1. The number of fused-ring (bicyclic) bond motifs is 1. The third-order valence-corrected chi connectivity index (χ3v) is 2.44. The van der Waals surface area contributed by atoms with E-state index in [0.717, 1.165) is 6.07 Å². The van der Waals surface area contributed by atoms with Crippen molar-refractivity contribution in [2.45, 2.75) is 0 Å². The zero-order chi connectivity index (χ0) is 11.2. The lowest BCUT2D eigenvalue weighted by atomic mass is 10.2. The Morgan fingerprint density at radius 3 is 2.80 bits per heavy atom. The molecular formula is C10H7ClFNO2. The van der Waals surface area contributed by atoms with E-state index in [2.05, 4.69) is 0 Å². The number of carboxylic acid groups (broad SMARTS) is 1. The Morgan fingerprint density at radius 2 is 2.20 bits per heavy atom. The first kappa shape index (κ1) is 9.98. The second-order valence-corrected chi connectivity index (χ2v) is 3.68. The van der Waals surface area contributed by atoms with Gasteiger partial charge in [0, 0.05) is 23.7 Å². The first-order valence-corrected chi connectivity index (χ1v) is 4.56. The molecule has 3 nitrogen and oxygen atoms in total.